The van der Waals surface area contributed by atoms with Crippen LogP contribution in [-0.2, 0) is 0 Å². The molecule has 2 aromatic carbocycles. The lowest BCUT2D eigenvalue weighted by atomic mass is 10.1. The van der Waals surface area contributed by atoms with Crippen molar-refractivity contribution in [2.75, 3.05) is 18.4 Å². The minimum atomic E-state index is -0.0975. The molecule has 0 aliphatic carbocycles. The Kier molecular flexibility index (Phi) is 5.10. The van der Waals surface area contributed by atoms with Gasteiger partial charge in [0, 0.05) is 23.7 Å². The number of amides is 2. The van der Waals surface area contributed by atoms with E-state index in [1.54, 1.807) is 0 Å². The van der Waals surface area contributed by atoms with Gasteiger partial charge in [-0.25, -0.2) is 9.78 Å². The molecule has 1 unspecified atom stereocenters. The summed E-state index contributed by atoms with van der Waals surface area (Å²) >= 11 is 0. The van der Waals surface area contributed by atoms with E-state index in [-0.39, 0.29) is 12.1 Å². The van der Waals surface area contributed by atoms with E-state index in [1.165, 1.54) is 0 Å². The molecule has 144 valence electrons. The largest absolute Gasteiger partial charge is 0.472 e. The fourth-order valence-electron chi connectivity index (χ4n) is 3.66. The van der Waals surface area contributed by atoms with Gasteiger partial charge in [-0.1, -0.05) is 36.4 Å². The zero-order chi connectivity index (χ0) is 19.5. The summed E-state index contributed by atoms with van der Waals surface area (Å²) in [5, 5.41) is 5.21. The first-order valence-electron chi connectivity index (χ1n) is 9.61. The number of nitrogens with zero attached hydrogens (tertiary/aromatic N) is 3. The molecular weight excluding hydrogens is 352 g/mol. The predicted octanol–water partition coefficient (Wildman–Crippen LogP) is 4.32. The molecular formula is C22H24N4O2. The monoisotopic (exact) mass is 376 g/mol. The van der Waals surface area contributed by atoms with Crippen LogP contribution in [0.25, 0.3) is 10.8 Å². The summed E-state index contributed by atoms with van der Waals surface area (Å²) in [5.74, 6) is 1.27. The average Bonchev–Trinajstić information content (AvgIpc) is 2.68. The van der Waals surface area contributed by atoms with Crippen LogP contribution in [0, 0.1) is 13.8 Å². The number of urea groups is 1. The second-order valence-corrected chi connectivity index (χ2v) is 7.18. The highest BCUT2D eigenvalue weighted by Crippen LogP contribution is 2.24. The van der Waals surface area contributed by atoms with Crippen LogP contribution in [0.5, 0.6) is 5.88 Å². The highest BCUT2D eigenvalue weighted by Gasteiger charge is 2.25. The van der Waals surface area contributed by atoms with Crippen molar-refractivity contribution >= 4 is 22.5 Å². The fraction of sp³-hybridized carbons (Fsp3) is 0.318. The minimum absolute atomic E-state index is 0.0688. The molecule has 6 heteroatoms. The number of carbonyl (C=O) groups is 1. The number of ether oxygens (including phenoxy) is 1. The highest BCUT2D eigenvalue weighted by atomic mass is 16.5. The summed E-state index contributed by atoms with van der Waals surface area (Å²) in [4.78, 5) is 23.3. The first-order chi connectivity index (χ1) is 13.6. The molecule has 1 aliphatic rings. The van der Waals surface area contributed by atoms with Crippen LogP contribution in [0.3, 0.4) is 0 Å². The second-order valence-electron chi connectivity index (χ2n) is 7.18. The molecule has 1 aliphatic heterocycles. The van der Waals surface area contributed by atoms with E-state index in [0.29, 0.717) is 18.2 Å². The van der Waals surface area contributed by atoms with Crippen molar-refractivity contribution in [1.82, 2.24) is 14.9 Å². The number of nitrogens with one attached hydrogen (secondary N) is 1. The Hall–Kier alpha value is -3.15. The Bertz CT molecular complexity index is 979. The third-order valence-electron chi connectivity index (χ3n) is 4.93. The van der Waals surface area contributed by atoms with Crippen molar-refractivity contribution in [2.24, 2.45) is 0 Å². The molecule has 2 heterocycles. The first-order valence-corrected chi connectivity index (χ1v) is 9.61. The van der Waals surface area contributed by atoms with Crippen molar-refractivity contribution in [3.8, 4) is 5.88 Å². The maximum absolute atomic E-state index is 12.9. The van der Waals surface area contributed by atoms with Crippen molar-refractivity contribution < 1.29 is 9.53 Å². The highest BCUT2D eigenvalue weighted by molar-refractivity contribution is 6.01. The molecule has 1 atom stereocenters. The van der Waals surface area contributed by atoms with Crippen molar-refractivity contribution in [2.45, 2.75) is 32.8 Å². The van der Waals surface area contributed by atoms with Gasteiger partial charge in [-0.2, -0.15) is 4.98 Å². The van der Waals surface area contributed by atoms with Gasteiger partial charge in [0.25, 0.3) is 0 Å². The van der Waals surface area contributed by atoms with Crippen LogP contribution >= 0.6 is 0 Å². The van der Waals surface area contributed by atoms with Gasteiger partial charge in [-0.15, -0.1) is 0 Å². The van der Waals surface area contributed by atoms with Gasteiger partial charge in [-0.3, -0.25) is 0 Å². The number of aromatic nitrogens is 2. The number of likely N-dealkylation sites (tertiary alicyclic amines) is 1. The van der Waals surface area contributed by atoms with Gasteiger partial charge in [-0.05, 0) is 38.1 Å². The molecule has 4 rings (SSSR count). The van der Waals surface area contributed by atoms with E-state index in [2.05, 4.69) is 15.3 Å². The summed E-state index contributed by atoms with van der Waals surface area (Å²) in [6.07, 6.45) is 1.73. The van der Waals surface area contributed by atoms with Crippen LogP contribution in [0.1, 0.15) is 24.4 Å². The Morgan fingerprint density at radius 3 is 2.82 bits per heavy atom. The SMILES string of the molecule is Cc1cc(OC2CCCN(C(=O)Nc3cccc4ccccc34)C2)nc(C)n1. The maximum atomic E-state index is 12.9. The predicted molar refractivity (Wildman–Crippen MR) is 110 cm³/mol. The zero-order valence-corrected chi connectivity index (χ0v) is 16.2. The number of fused-ring (bicyclic) bond motifs is 1. The Morgan fingerprint density at radius 1 is 1.14 bits per heavy atom. The minimum Gasteiger partial charge on any atom is -0.472 e. The van der Waals surface area contributed by atoms with Crippen molar-refractivity contribution in [3.63, 3.8) is 0 Å². The molecule has 1 saturated heterocycles. The van der Waals surface area contributed by atoms with Crippen LogP contribution in [0.15, 0.2) is 48.5 Å². The summed E-state index contributed by atoms with van der Waals surface area (Å²) in [7, 11) is 0. The molecule has 3 aromatic rings. The van der Waals surface area contributed by atoms with E-state index < -0.39 is 0 Å². The number of carbonyl (C=O) groups excluding carboxylic acids is 1. The number of benzene rings is 2. The van der Waals surface area contributed by atoms with E-state index in [4.69, 9.17) is 4.74 Å². The second kappa shape index (κ2) is 7.84. The molecule has 1 fully saturated rings. The Morgan fingerprint density at radius 2 is 1.96 bits per heavy atom. The van der Waals surface area contributed by atoms with Gasteiger partial charge in [0.15, 0.2) is 0 Å². The number of piperidine rings is 1. The van der Waals surface area contributed by atoms with Crippen LogP contribution < -0.4 is 10.1 Å². The normalized spacial score (nSPS) is 16.8. The third kappa shape index (κ3) is 4.06. The molecule has 1 aromatic heterocycles. The Labute approximate surface area is 164 Å². The summed E-state index contributed by atoms with van der Waals surface area (Å²) in [6, 6.07) is 15.7. The standard InChI is InChI=1S/C22H24N4O2/c1-15-13-21(24-16(2)23-15)28-18-9-6-12-26(14-18)22(27)25-20-11-5-8-17-7-3-4-10-19(17)20/h3-5,7-8,10-11,13,18H,6,9,12,14H2,1-2H3,(H,25,27). The van der Waals surface area contributed by atoms with Gasteiger partial charge < -0.3 is 15.0 Å². The zero-order valence-electron chi connectivity index (χ0n) is 16.2. The molecule has 0 bridgehead atoms. The third-order valence-corrected chi connectivity index (χ3v) is 4.93. The molecule has 0 spiro atoms. The van der Waals surface area contributed by atoms with E-state index >= 15 is 0 Å². The lowest BCUT2D eigenvalue weighted by Crippen LogP contribution is -2.46. The van der Waals surface area contributed by atoms with E-state index in [0.717, 1.165) is 41.5 Å². The smallest absolute Gasteiger partial charge is 0.321 e. The summed E-state index contributed by atoms with van der Waals surface area (Å²) < 4.78 is 6.05. The van der Waals surface area contributed by atoms with Crippen LogP contribution in [0.4, 0.5) is 10.5 Å². The molecule has 2 amide bonds. The van der Waals surface area contributed by atoms with Crippen LogP contribution in [0.2, 0.25) is 0 Å². The number of rotatable bonds is 3. The van der Waals surface area contributed by atoms with Crippen molar-refractivity contribution in [1.29, 1.82) is 0 Å². The maximum Gasteiger partial charge on any atom is 0.321 e. The average molecular weight is 376 g/mol. The number of hydrogen-bond acceptors (Lipinski definition) is 4. The Balaban J connectivity index is 1.44. The molecule has 28 heavy (non-hydrogen) atoms. The topological polar surface area (TPSA) is 67.3 Å². The van der Waals surface area contributed by atoms with Gasteiger partial charge in [0.1, 0.15) is 11.9 Å². The number of aryl methyl sites for hydroxylation is 2. The van der Waals surface area contributed by atoms with Gasteiger partial charge >= 0.3 is 6.03 Å². The number of hydrogen-bond donors (Lipinski definition) is 1. The molecule has 6 nitrogen and oxygen atoms in total. The summed E-state index contributed by atoms with van der Waals surface area (Å²) in [6.45, 7) is 5.04. The van der Waals surface area contributed by atoms with Crippen molar-refractivity contribution in [3.05, 3.63) is 60.0 Å². The summed E-state index contributed by atoms with van der Waals surface area (Å²) in [5.41, 5.74) is 1.71. The lowest BCUT2D eigenvalue weighted by Gasteiger charge is -2.32. The molecule has 0 saturated carbocycles. The van der Waals surface area contributed by atoms with E-state index in [9.17, 15) is 4.79 Å². The van der Waals surface area contributed by atoms with Gasteiger partial charge in [0.2, 0.25) is 5.88 Å². The number of anilines is 1. The van der Waals surface area contributed by atoms with E-state index in [1.807, 2.05) is 67.3 Å². The van der Waals surface area contributed by atoms with Gasteiger partial charge in [0.05, 0.1) is 12.2 Å². The quantitative estimate of drug-likeness (QED) is 0.739. The first kappa shape index (κ1) is 18.2. The lowest BCUT2D eigenvalue weighted by molar-refractivity contribution is 0.102. The van der Waals surface area contributed by atoms with Crippen LogP contribution in [-0.4, -0.2) is 40.1 Å². The molecule has 0 radical (unpaired) electrons. The molecule has 1 N–H and O–H groups in total. The fourth-order valence-corrected chi connectivity index (χ4v) is 3.66.